The number of benzene rings is 1. The van der Waals surface area contributed by atoms with Crippen LogP contribution in [0.5, 0.6) is 0 Å². The Bertz CT molecular complexity index is 817. The summed E-state index contributed by atoms with van der Waals surface area (Å²) in [6.07, 6.45) is 5.19. The molecule has 1 aromatic heterocycles. The number of methoxy groups -OCH3 is 2. The van der Waals surface area contributed by atoms with Crippen LogP contribution in [0.2, 0.25) is 0 Å². The largest absolute Gasteiger partial charge is 0.383 e. The molecular formula is C23H31N3O4. The number of aromatic nitrogens is 1. The summed E-state index contributed by atoms with van der Waals surface area (Å²) >= 11 is 0. The molecule has 0 bridgehead atoms. The van der Waals surface area contributed by atoms with Gasteiger partial charge in [-0.15, -0.1) is 0 Å². The number of hydrogen-bond donors (Lipinski definition) is 0. The molecule has 0 unspecified atom stereocenters. The van der Waals surface area contributed by atoms with Gasteiger partial charge in [0.15, 0.2) is 0 Å². The van der Waals surface area contributed by atoms with E-state index >= 15 is 0 Å². The van der Waals surface area contributed by atoms with E-state index in [0.29, 0.717) is 32.8 Å². The minimum absolute atomic E-state index is 0.0184. The summed E-state index contributed by atoms with van der Waals surface area (Å²) in [5.41, 5.74) is 1.94. The van der Waals surface area contributed by atoms with E-state index in [1.807, 2.05) is 60.3 Å². The van der Waals surface area contributed by atoms with Gasteiger partial charge in [-0.3, -0.25) is 9.59 Å². The summed E-state index contributed by atoms with van der Waals surface area (Å²) in [6.45, 7) is 2.01. The van der Waals surface area contributed by atoms with E-state index in [9.17, 15) is 9.59 Å². The summed E-state index contributed by atoms with van der Waals surface area (Å²) in [7, 11) is 5.12. The molecular weight excluding hydrogens is 382 g/mol. The lowest BCUT2D eigenvalue weighted by Gasteiger charge is -2.27. The van der Waals surface area contributed by atoms with Crippen LogP contribution in [-0.2, 0) is 32.7 Å². The van der Waals surface area contributed by atoms with Gasteiger partial charge in [0.25, 0.3) is 0 Å². The fourth-order valence-corrected chi connectivity index (χ4v) is 2.92. The third-order valence-corrected chi connectivity index (χ3v) is 4.74. The van der Waals surface area contributed by atoms with E-state index in [4.69, 9.17) is 9.47 Å². The van der Waals surface area contributed by atoms with Gasteiger partial charge in [-0.1, -0.05) is 30.3 Å². The zero-order valence-electron chi connectivity index (χ0n) is 18.0. The van der Waals surface area contributed by atoms with E-state index in [1.165, 1.54) is 11.0 Å². The first kappa shape index (κ1) is 23.4. The van der Waals surface area contributed by atoms with Crippen LogP contribution in [-0.4, -0.2) is 73.2 Å². The van der Waals surface area contributed by atoms with E-state index < -0.39 is 0 Å². The molecule has 0 aliphatic rings. The monoisotopic (exact) mass is 413 g/mol. The van der Waals surface area contributed by atoms with Crippen molar-refractivity contribution in [2.45, 2.75) is 6.54 Å². The second kappa shape index (κ2) is 12.6. The van der Waals surface area contributed by atoms with Crippen LogP contribution in [0, 0.1) is 0 Å². The van der Waals surface area contributed by atoms with Crippen molar-refractivity contribution in [2.24, 2.45) is 7.05 Å². The predicted molar refractivity (Wildman–Crippen MR) is 117 cm³/mol. The Labute approximate surface area is 178 Å². The average molecular weight is 414 g/mol. The van der Waals surface area contributed by atoms with Crippen molar-refractivity contribution in [1.29, 1.82) is 0 Å². The van der Waals surface area contributed by atoms with Crippen LogP contribution in [0.25, 0.3) is 6.08 Å². The van der Waals surface area contributed by atoms with Gasteiger partial charge < -0.3 is 23.8 Å². The lowest BCUT2D eigenvalue weighted by Crippen LogP contribution is -2.44. The molecule has 0 radical (unpaired) electrons. The zero-order chi connectivity index (χ0) is 21.8. The predicted octanol–water partition coefficient (Wildman–Crippen LogP) is 2.19. The molecule has 0 atom stereocenters. The van der Waals surface area contributed by atoms with Crippen molar-refractivity contribution >= 4 is 17.9 Å². The van der Waals surface area contributed by atoms with Crippen LogP contribution < -0.4 is 0 Å². The lowest BCUT2D eigenvalue weighted by atomic mass is 10.2. The maximum atomic E-state index is 13.0. The highest BCUT2D eigenvalue weighted by atomic mass is 16.5. The Balaban J connectivity index is 2.08. The van der Waals surface area contributed by atoms with Gasteiger partial charge in [-0.05, 0) is 23.8 Å². The second-order valence-electron chi connectivity index (χ2n) is 6.92. The van der Waals surface area contributed by atoms with Crippen LogP contribution in [0.15, 0.2) is 54.7 Å². The van der Waals surface area contributed by atoms with Crippen molar-refractivity contribution in [3.05, 3.63) is 66.0 Å². The van der Waals surface area contributed by atoms with Crippen LogP contribution >= 0.6 is 0 Å². The van der Waals surface area contributed by atoms with E-state index in [-0.39, 0.29) is 18.4 Å². The maximum Gasteiger partial charge on any atom is 0.247 e. The third kappa shape index (κ3) is 7.50. The van der Waals surface area contributed by atoms with Crippen molar-refractivity contribution < 1.29 is 19.1 Å². The molecule has 2 aromatic rings. The van der Waals surface area contributed by atoms with Gasteiger partial charge in [-0.2, -0.15) is 0 Å². The molecule has 7 heteroatoms. The number of carbonyl (C=O) groups is 2. The Morgan fingerprint density at radius 2 is 1.63 bits per heavy atom. The van der Waals surface area contributed by atoms with Gasteiger partial charge >= 0.3 is 0 Å². The summed E-state index contributed by atoms with van der Waals surface area (Å²) in [6, 6.07) is 13.5. The van der Waals surface area contributed by atoms with Gasteiger partial charge in [0.05, 0.1) is 19.8 Å². The number of ether oxygens (including phenoxy) is 2. The molecule has 0 fully saturated rings. The minimum atomic E-state index is -0.227. The maximum absolute atomic E-state index is 13.0. The lowest BCUT2D eigenvalue weighted by molar-refractivity contribution is -0.139. The summed E-state index contributed by atoms with van der Waals surface area (Å²) < 4.78 is 12.3. The topological polar surface area (TPSA) is 64.0 Å². The molecule has 30 heavy (non-hydrogen) atoms. The molecule has 0 saturated heterocycles. The first-order valence-corrected chi connectivity index (χ1v) is 9.93. The summed E-state index contributed by atoms with van der Waals surface area (Å²) in [5.74, 6) is -0.361. The first-order chi connectivity index (χ1) is 14.5. The fraction of sp³-hybridized carbons (Fsp3) is 0.391. The molecule has 1 aromatic carbocycles. The Hall–Kier alpha value is -2.90. The van der Waals surface area contributed by atoms with Gasteiger partial charge in [0, 0.05) is 52.3 Å². The number of carbonyl (C=O) groups excluding carboxylic acids is 2. The highest BCUT2D eigenvalue weighted by Gasteiger charge is 2.21. The molecule has 2 rings (SSSR count). The Morgan fingerprint density at radius 1 is 0.967 bits per heavy atom. The van der Waals surface area contributed by atoms with Gasteiger partial charge in [0.2, 0.25) is 11.8 Å². The molecule has 0 saturated carbocycles. The summed E-state index contributed by atoms with van der Waals surface area (Å²) in [5, 5.41) is 0. The molecule has 1 heterocycles. The molecule has 2 amide bonds. The minimum Gasteiger partial charge on any atom is -0.383 e. The SMILES string of the molecule is COCCN(CC(=O)N(CCOC)Cc1cccn1C)C(=O)/C=C/c1ccccc1. The Kier molecular flexibility index (Phi) is 9.83. The normalized spacial score (nSPS) is 11.0. The number of hydrogen-bond acceptors (Lipinski definition) is 4. The van der Waals surface area contributed by atoms with E-state index in [2.05, 4.69) is 0 Å². The number of rotatable bonds is 12. The molecule has 0 spiro atoms. The molecule has 162 valence electrons. The average Bonchev–Trinajstić information content (AvgIpc) is 3.17. The standard InChI is InChI=1S/C23H31N3O4/c1-24-13-7-10-21(24)18-25(14-16-29-2)23(28)19-26(15-17-30-3)22(27)12-11-20-8-5-4-6-9-20/h4-13H,14-19H2,1-3H3/b12-11+. The third-order valence-electron chi connectivity index (χ3n) is 4.74. The van der Waals surface area contributed by atoms with E-state index in [1.54, 1.807) is 25.2 Å². The van der Waals surface area contributed by atoms with Crippen LogP contribution in [0.3, 0.4) is 0 Å². The zero-order valence-corrected chi connectivity index (χ0v) is 18.0. The highest BCUT2D eigenvalue weighted by molar-refractivity contribution is 5.94. The molecule has 0 aliphatic heterocycles. The highest BCUT2D eigenvalue weighted by Crippen LogP contribution is 2.08. The van der Waals surface area contributed by atoms with Crippen LogP contribution in [0.1, 0.15) is 11.3 Å². The number of amides is 2. The van der Waals surface area contributed by atoms with Crippen LogP contribution in [0.4, 0.5) is 0 Å². The molecule has 0 N–H and O–H groups in total. The van der Waals surface area contributed by atoms with Crippen molar-refractivity contribution in [3.63, 3.8) is 0 Å². The number of nitrogens with zero attached hydrogens (tertiary/aromatic N) is 3. The van der Waals surface area contributed by atoms with Crippen molar-refractivity contribution in [1.82, 2.24) is 14.4 Å². The van der Waals surface area contributed by atoms with Gasteiger partial charge in [0.1, 0.15) is 6.54 Å². The molecule has 7 nitrogen and oxygen atoms in total. The quantitative estimate of drug-likeness (QED) is 0.501. The molecule has 0 aliphatic carbocycles. The number of aryl methyl sites for hydroxylation is 1. The Morgan fingerprint density at radius 3 is 2.23 bits per heavy atom. The fourth-order valence-electron chi connectivity index (χ4n) is 2.92. The van der Waals surface area contributed by atoms with Crippen molar-refractivity contribution in [2.75, 3.05) is 47.1 Å². The smallest absolute Gasteiger partial charge is 0.247 e. The van der Waals surface area contributed by atoms with E-state index in [0.717, 1.165) is 11.3 Å². The second-order valence-corrected chi connectivity index (χ2v) is 6.92. The van der Waals surface area contributed by atoms with Gasteiger partial charge in [-0.25, -0.2) is 0 Å². The summed E-state index contributed by atoms with van der Waals surface area (Å²) in [4.78, 5) is 29.0. The van der Waals surface area contributed by atoms with Crippen molar-refractivity contribution in [3.8, 4) is 0 Å². The first-order valence-electron chi connectivity index (χ1n) is 9.93.